The first-order valence-electron chi connectivity index (χ1n) is 3.88. The number of aliphatic carboxylic acids is 1. The highest BCUT2D eigenvalue weighted by Crippen LogP contribution is 2.18. The molecule has 0 atom stereocenters. The van der Waals surface area contributed by atoms with Crippen molar-refractivity contribution in [1.29, 1.82) is 0 Å². The number of benzene rings is 1. The molecule has 1 aromatic carbocycles. The van der Waals surface area contributed by atoms with Crippen LogP contribution in [0.3, 0.4) is 0 Å². The van der Waals surface area contributed by atoms with E-state index in [0.717, 1.165) is 6.08 Å². The van der Waals surface area contributed by atoms with E-state index >= 15 is 0 Å². The van der Waals surface area contributed by atoms with Crippen molar-refractivity contribution in [3.05, 3.63) is 35.7 Å². The van der Waals surface area contributed by atoms with Crippen LogP contribution in [0.1, 0.15) is 5.56 Å². The van der Waals surface area contributed by atoms with Crippen LogP contribution in [0.5, 0.6) is 5.75 Å². The van der Waals surface area contributed by atoms with E-state index in [2.05, 4.69) is 0 Å². The molecule has 0 radical (unpaired) electrons. The molecule has 1 N–H and O–H groups in total. The van der Waals surface area contributed by atoms with Crippen LogP contribution in [-0.2, 0) is 4.79 Å². The first-order valence-corrected chi connectivity index (χ1v) is 3.88. The molecule has 0 fully saturated rings. The third-order valence-corrected chi connectivity index (χ3v) is 1.59. The highest BCUT2D eigenvalue weighted by Gasteiger charge is 2.01. The van der Waals surface area contributed by atoms with E-state index < -0.39 is 11.8 Å². The summed E-state index contributed by atoms with van der Waals surface area (Å²) >= 11 is 0. The van der Waals surface area contributed by atoms with Crippen LogP contribution in [0.4, 0.5) is 4.39 Å². The van der Waals surface area contributed by atoms with Gasteiger partial charge >= 0.3 is 5.97 Å². The van der Waals surface area contributed by atoms with Gasteiger partial charge in [0.1, 0.15) is 0 Å². The number of carboxylic acid groups (broad SMARTS) is 1. The van der Waals surface area contributed by atoms with E-state index in [1.54, 1.807) is 0 Å². The third-order valence-electron chi connectivity index (χ3n) is 1.59. The van der Waals surface area contributed by atoms with Crippen molar-refractivity contribution in [1.82, 2.24) is 0 Å². The molecule has 0 saturated carbocycles. The Morgan fingerprint density at radius 3 is 2.86 bits per heavy atom. The topological polar surface area (TPSA) is 46.5 Å². The predicted molar refractivity (Wildman–Crippen MR) is 49.6 cm³/mol. The standard InChI is InChI=1S/C10H9FO3/c1-14-9-6-7(2-4-8(9)11)3-5-10(12)13/h2-6H,1H3,(H,12,13)/b5-3-. The van der Waals surface area contributed by atoms with Gasteiger partial charge in [0.2, 0.25) is 0 Å². The van der Waals surface area contributed by atoms with Gasteiger partial charge in [0.25, 0.3) is 0 Å². The molecule has 1 rings (SSSR count). The van der Waals surface area contributed by atoms with Gasteiger partial charge in [0, 0.05) is 6.08 Å². The Labute approximate surface area is 80.4 Å². The van der Waals surface area contributed by atoms with Crippen LogP contribution >= 0.6 is 0 Å². The predicted octanol–water partition coefficient (Wildman–Crippen LogP) is 1.93. The number of methoxy groups -OCH3 is 1. The summed E-state index contributed by atoms with van der Waals surface area (Å²) < 4.78 is 17.6. The van der Waals surface area contributed by atoms with Crippen LogP contribution in [-0.4, -0.2) is 18.2 Å². The quantitative estimate of drug-likeness (QED) is 0.751. The maximum atomic E-state index is 12.9. The van der Waals surface area contributed by atoms with Crippen LogP contribution in [0.2, 0.25) is 0 Å². The molecule has 0 aromatic heterocycles. The number of ether oxygens (including phenoxy) is 1. The molecular weight excluding hydrogens is 187 g/mol. The summed E-state index contributed by atoms with van der Waals surface area (Å²) in [5.74, 6) is -1.43. The van der Waals surface area contributed by atoms with Gasteiger partial charge in [-0.25, -0.2) is 9.18 Å². The summed E-state index contributed by atoms with van der Waals surface area (Å²) in [5, 5.41) is 8.36. The molecule has 3 nitrogen and oxygen atoms in total. The Balaban J connectivity index is 2.95. The molecule has 74 valence electrons. The van der Waals surface area contributed by atoms with Crippen LogP contribution < -0.4 is 4.74 Å². The van der Waals surface area contributed by atoms with Gasteiger partial charge in [0.05, 0.1) is 7.11 Å². The second-order valence-electron chi connectivity index (χ2n) is 2.57. The Morgan fingerprint density at radius 2 is 2.29 bits per heavy atom. The van der Waals surface area contributed by atoms with Crippen molar-refractivity contribution in [3.63, 3.8) is 0 Å². The number of carbonyl (C=O) groups is 1. The smallest absolute Gasteiger partial charge is 0.328 e. The highest BCUT2D eigenvalue weighted by molar-refractivity contribution is 5.85. The molecule has 0 aliphatic heterocycles. The Bertz CT molecular complexity index is 372. The molecule has 0 heterocycles. The zero-order valence-electron chi connectivity index (χ0n) is 7.53. The number of rotatable bonds is 3. The van der Waals surface area contributed by atoms with Gasteiger partial charge < -0.3 is 9.84 Å². The third kappa shape index (κ3) is 2.58. The number of hydrogen-bond acceptors (Lipinski definition) is 2. The van der Waals surface area contributed by atoms with Crippen molar-refractivity contribution < 1.29 is 19.0 Å². The Morgan fingerprint density at radius 1 is 1.57 bits per heavy atom. The fourth-order valence-corrected chi connectivity index (χ4v) is 0.948. The van der Waals surface area contributed by atoms with E-state index in [9.17, 15) is 9.18 Å². The Hall–Kier alpha value is -1.84. The highest BCUT2D eigenvalue weighted by atomic mass is 19.1. The van der Waals surface area contributed by atoms with Crippen molar-refractivity contribution >= 4 is 12.0 Å². The molecule has 0 spiro atoms. The molecular formula is C10H9FO3. The normalized spacial score (nSPS) is 10.4. The summed E-state index contributed by atoms with van der Waals surface area (Å²) in [4.78, 5) is 10.2. The molecule has 0 saturated heterocycles. The second kappa shape index (κ2) is 4.41. The van der Waals surface area contributed by atoms with E-state index in [1.165, 1.54) is 31.4 Å². The first-order chi connectivity index (χ1) is 6.63. The average molecular weight is 196 g/mol. The minimum absolute atomic E-state index is 0.0949. The number of hydrogen-bond donors (Lipinski definition) is 1. The van der Waals surface area contributed by atoms with E-state index in [-0.39, 0.29) is 5.75 Å². The minimum Gasteiger partial charge on any atom is -0.494 e. The fraction of sp³-hybridized carbons (Fsp3) is 0.100. The van der Waals surface area contributed by atoms with Crippen LogP contribution in [0.25, 0.3) is 6.08 Å². The summed E-state index contributed by atoms with van der Waals surface area (Å²) in [6.07, 6.45) is 2.34. The molecule has 0 aliphatic carbocycles. The second-order valence-corrected chi connectivity index (χ2v) is 2.57. The molecule has 0 unspecified atom stereocenters. The molecule has 0 amide bonds. The summed E-state index contributed by atoms with van der Waals surface area (Å²) in [6.45, 7) is 0. The van der Waals surface area contributed by atoms with Crippen molar-refractivity contribution in [2.24, 2.45) is 0 Å². The number of carboxylic acids is 1. The zero-order valence-corrected chi connectivity index (χ0v) is 7.53. The summed E-state index contributed by atoms with van der Waals surface area (Å²) in [6, 6.07) is 4.12. The number of halogens is 1. The lowest BCUT2D eigenvalue weighted by Gasteiger charge is -2.01. The monoisotopic (exact) mass is 196 g/mol. The first kappa shape index (κ1) is 10.2. The van der Waals surface area contributed by atoms with Gasteiger partial charge in [-0.05, 0) is 23.8 Å². The average Bonchev–Trinajstić information content (AvgIpc) is 2.16. The molecule has 1 aromatic rings. The largest absolute Gasteiger partial charge is 0.494 e. The minimum atomic E-state index is -1.05. The van der Waals surface area contributed by atoms with E-state index in [4.69, 9.17) is 9.84 Å². The lowest BCUT2D eigenvalue weighted by Crippen LogP contribution is -1.89. The van der Waals surface area contributed by atoms with E-state index in [1.807, 2.05) is 0 Å². The SMILES string of the molecule is COc1cc(/C=C\C(=O)O)ccc1F. The fourth-order valence-electron chi connectivity index (χ4n) is 0.948. The van der Waals surface area contributed by atoms with E-state index in [0.29, 0.717) is 5.56 Å². The van der Waals surface area contributed by atoms with Crippen molar-refractivity contribution in [3.8, 4) is 5.75 Å². The molecule has 0 aliphatic rings. The van der Waals surface area contributed by atoms with Gasteiger partial charge in [0.15, 0.2) is 11.6 Å². The molecule has 14 heavy (non-hydrogen) atoms. The molecule has 0 bridgehead atoms. The lowest BCUT2D eigenvalue weighted by atomic mass is 10.2. The van der Waals surface area contributed by atoms with Crippen LogP contribution in [0, 0.1) is 5.82 Å². The lowest BCUT2D eigenvalue weighted by molar-refractivity contribution is -0.131. The van der Waals surface area contributed by atoms with Gasteiger partial charge in [-0.3, -0.25) is 0 Å². The van der Waals surface area contributed by atoms with Crippen molar-refractivity contribution in [2.75, 3.05) is 7.11 Å². The zero-order chi connectivity index (χ0) is 10.6. The van der Waals surface area contributed by atoms with Crippen LogP contribution in [0.15, 0.2) is 24.3 Å². The van der Waals surface area contributed by atoms with Crippen molar-refractivity contribution in [2.45, 2.75) is 0 Å². The van der Waals surface area contributed by atoms with Gasteiger partial charge in [-0.2, -0.15) is 0 Å². The van der Waals surface area contributed by atoms with Gasteiger partial charge in [-0.1, -0.05) is 6.07 Å². The maximum absolute atomic E-state index is 12.9. The summed E-state index contributed by atoms with van der Waals surface area (Å²) in [7, 11) is 1.35. The maximum Gasteiger partial charge on any atom is 0.328 e. The summed E-state index contributed by atoms with van der Waals surface area (Å²) in [5.41, 5.74) is 0.575. The molecule has 4 heteroatoms. The Kier molecular flexibility index (Phi) is 3.23. The van der Waals surface area contributed by atoms with Gasteiger partial charge in [-0.15, -0.1) is 0 Å².